The smallest absolute Gasteiger partial charge is 0.0571 e. The van der Waals surface area contributed by atoms with Crippen molar-refractivity contribution >= 4 is 0 Å². The minimum atomic E-state index is -0.124. The van der Waals surface area contributed by atoms with Crippen LogP contribution in [0.15, 0.2) is 30.3 Å². The van der Waals surface area contributed by atoms with Crippen LogP contribution in [-0.4, -0.2) is 41.3 Å². The van der Waals surface area contributed by atoms with Crippen molar-refractivity contribution in [3.8, 4) is 0 Å². The molecule has 3 heterocycles. The molecule has 0 aromatic heterocycles. The van der Waals surface area contributed by atoms with Crippen LogP contribution in [0.3, 0.4) is 0 Å². The molecule has 1 aromatic rings. The van der Waals surface area contributed by atoms with Gasteiger partial charge < -0.3 is 10.4 Å². The molecule has 17 heavy (non-hydrogen) atoms. The van der Waals surface area contributed by atoms with Crippen molar-refractivity contribution < 1.29 is 5.11 Å². The maximum absolute atomic E-state index is 9.89. The number of rotatable bonds is 2. The van der Waals surface area contributed by atoms with E-state index in [9.17, 15) is 5.11 Å². The largest absolute Gasteiger partial charge is 0.393 e. The number of aliphatic hydroxyl groups is 1. The predicted molar refractivity (Wildman–Crippen MR) is 67.7 cm³/mol. The van der Waals surface area contributed by atoms with Crippen LogP contribution in [-0.2, 0) is 6.54 Å². The quantitative estimate of drug-likeness (QED) is 0.798. The molecule has 3 unspecified atom stereocenters. The van der Waals surface area contributed by atoms with Crippen LogP contribution in [0.4, 0.5) is 0 Å². The first-order valence-electron chi connectivity index (χ1n) is 6.50. The monoisotopic (exact) mass is 232 g/mol. The number of piperazine rings is 1. The Bertz CT molecular complexity index is 368. The summed E-state index contributed by atoms with van der Waals surface area (Å²) in [7, 11) is 0. The first-order valence-corrected chi connectivity index (χ1v) is 6.50. The Morgan fingerprint density at radius 2 is 2.06 bits per heavy atom. The van der Waals surface area contributed by atoms with Crippen molar-refractivity contribution in [2.75, 3.05) is 13.1 Å². The Morgan fingerprint density at radius 1 is 1.24 bits per heavy atom. The van der Waals surface area contributed by atoms with Gasteiger partial charge in [-0.25, -0.2) is 0 Å². The van der Waals surface area contributed by atoms with E-state index in [0.717, 1.165) is 32.5 Å². The predicted octanol–water partition coefficient (Wildman–Crippen LogP) is 0.984. The summed E-state index contributed by atoms with van der Waals surface area (Å²) in [4.78, 5) is 2.52. The van der Waals surface area contributed by atoms with E-state index in [1.807, 2.05) is 0 Å². The lowest BCUT2D eigenvalue weighted by molar-refractivity contribution is 0.119. The summed E-state index contributed by atoms with van der Waals surface area (Å²) in [5.74, 6) is 0. The topological polar surface area (TPSA) is 35.5 Å². The molecule has 3 aliphatic rings. The van der Waals surface area contributed by atoms with Crippen molar-refractivity contribution in [2.45, 2.75) is 37.6 Å². The van der Waals surface area contributed by atoms with Crippen LogP contribution in [0.25, 0.3) is 0 Å². The molecule has 3 saturated heterocycles. The molecular weight excluding hydrogens is 212 g/mol. The average Bonchev–Trinajstić information content (AvgIpc) is 2.59. The van der Waals surface area contributed by atoms with Crippen LogP contribution >= 0.6 is 0 Å². The van der Waals surface area contributed by atoms with Gasteiger partial charge >= 0.3 is 0 Å². The fourth-order valence-electron chi connectivity index (χ4n) is 3.07. The maximum Gasteiger partial charge on any atom is 0.0571 e. The standard InChI is InChI=1S/C14H20N2O/c17-14-6-12-10-16(13(7-14)8-15-12)9-11-4-2-1-3-5-11/h1-5,12-15,17H,6-10H2. The number of benzene rings is 1. The number of aliphatic hydroxyl groups excluding tert-OH is 1. The van der Waals surface area contributed by atoms with Gasteiger partial charge in [-0.1, -0.05) is 30.3 Å². The molecule has 3 fully saturated rings. The summed E-state index contributed by atoms with van der Waals surface area (Å²) in [6, 6.07) is 11.6. The highest BCUT2D eigenvalue weighted by Gasteiger charge is 2.34. The first kappa shape index (κ1) is 11.2. The molecule has 0 spiro atoms. The Hall–Kier alpha value is -0.900. The summed E-state index contributed by atoms with van der Waals surface area (Å²) < 4.78 is 0. The molecular formula is C14H20N2O. The second kappa shape index (κ2) is 4.77. The molecule has 92 valence electrons. The molecule has 3 atom stereocenters. The molecule has 1 aromatic carbocycles. The van der Waals surface area contributed by atoms with Crippen molar-refractivity contribution in [1.29, 1.82) is 0 Å². The third-order valence-electron chi connectivity index (χ3n) is 3.94. The van der Waals surface area contributed by atoms with Crippen LogP contribution in [0.5, 0.6) is 0 Å². The lowest BCUT2D eigenvalue weighted by Gasteiger charge is -2.37. The molecule has 2 N–H and O–H groups in total. The number of nitrogens with zero attached hydrogens (tertiary/aromatic N) is 1. The molecule has 0 radical (unpaired) electrons. The first-order chi connectivity index (χ1) is 8.31. The van der Waals surface area contributed by atoms with Crippen LogP contribution in [0.2, 0.25) is 0 Å². The summed E-state index contributed by atoms with van der Waals surface area (Å²) in [6.07, 6.45) is 1.69. The highest BCUT2D eigenvalue weighted by atomic mass is 16.3. The highest BCUT2D eigenvalue weighted by Crippen LogP contribution is 2.23. The van der Waals surface area contributed by atoms with Gasteiger partial charge in [-0.15, -0.1) is 0 Å². The van der Waals surface area contributed by atoms with E-state index in [4.69, 9.17) is 0 Å². The number of fused-ring (bicyclic) bond motifs is 4. The second-order valence-corrected chi connectivity index (χ2v) is 5.30. The molecule has 0 amide bonds. The van der Waals surface area contributed by atoms with E-state index in [-0.39, 0.29) is 6.10 Å². The lowest BCUT2D eigenvalue weighted by Crippen LogP contribution is -2.53. The zero-order valence-electron chi connectivity index (χ0n) is 10.0. The van der Waals surface area contributed by atoms with Gasteiger partial charge in [-0.3, -0.25) is 4.90 Å². The van der Waals surface area contributed by atoms with Crippen molar-refractivity contribution in [3.05, 3.63) is 35.9 Å². The Balaban J connectivity index is 1.72. The van der Waals surface area contributed by atoms with E-state index in [2.05, 4.69) is 40.5 Å². The Labute approximate surface area is 102 Å². The number of nitrogens with one attached hydrogen (secondary N) is 1. The van der Waals surface area contributed by atoms with Gasteiger partial charge in [0.2, 0.25) is 0 Å². The third kappa shape index (κ3) is 2.51. The fraction of sp³-hybridized carbons (Fsp3) is 0.571. The van der Waals surface area contributed by atoms with E-state index < -0.39 is 0 Å². The average molecular weight is 232 g/mol. The maximum atomic E-state index is 9.89. The van der Waals surface area contributed by atoms with Gasteiger partial charge in [0, 0.05) is 31.7 Å². The summed E-state index contributed by atoms with van der Waals surface area (Å²) >= 11 is 0. The molecule has 3 aliphatic heterocycles. The van der Waals surface area contributed by atoms with E-state index in [1.165, 1.54) is 5.56 Å². The van der Waals surface area contributed by atoms with Gasteiger partial charge in [0.05, 0.1) is 6.10 Å². The van der Waals surface area contributed by atoms with Gasteiger partial charge in [-0.2, -0.15) is 0 Å². The van der Waals surface area contributed by atoms with Gasteiger partial charge in [0.1, 0.15) is 0 Å². The summed E-state index contributed by atoms with van der Waals surface area (Å²) in [6.45, 7) is 3.10. The zero-order valence-corrected chi connectivity index (χ0v) is 10.0. The summed E-state index contributed by atoms with van der Waals surface area (Å²) in [5.41, 5.74) is 1.37. The normalized spacial score (nSPS) is 33.6. The van der Waals surface area contributed by atoms with Crippen LogP contribution in [0, 0.1) is 0 Å². The van der Waals surface area contributed by atoms with Crippen molar-refractivity contribution in [2.24, 2.45) is 0 Å². The van der Waals surface area contributed by atoms with Gasteiger partial charge in [-0.05, 0) is 18.4 Å². The molecule has 3 nitrogen and oxygen atoms in total. The highest BCUT2D eigenvalue weighted by molar-refractivity contribution is 5.15. The van der Waals surface area contributed by atoms with Gasteiger partial charge in [0.25, 0.3) is 0 Å². The lowest BCUT2D eigenvalue weighted by atomic mass is 10.1. The van der Waals surface area contributed by atoms with E-state index >= 15 is 0 Å². The molecule has 2 bridgehead atoms. The van der Waals surface area contributed by atoms with Gasteiger partial charge in [0.15, 0.2) is 0 Å². The molecule has 0 saturated carbocycles. The third-order valence-corrected chi connectivity index (χ3v) is 3.94. The number of hydrogen-bond donors (Lipinski definition) is 2. The van der Waals surface area contributed by atoms with Crippen LogP contribution in [0.1, 0.15) is 18.4 Å². The molecule has 3 heteroatoms. The zero-order chi connectivity index (χ0) is 11.7. The SMILES string of the molecule is OC1CC2CN(Cc3ccccc3)C(CN2)C1. The van der Waals surface area contributed by atoms with Crippen LogP contribution < -0.4 is 5.32 Å². The Morgan fingerprint density at radius 3 is 2.88 bits per heavy atom. The fourth-order valence-corrected chi connectivity index (χ4v) is 3.07. The molecule has 4 rings (SSSR count). The summed E-state index contributed by atoms with van der Waals surface area (Å²) in [5, 5.41) is 13.4. The minimum absolute atomic E-state index is 0.124. The second-order valence-electron chi connectivity index (χ2n) is 5.30. The van der Waals surface area contributed by atoms with Crippen molar-refractivity contribution in [1.82, 2.24) is 10.2 Å². The van der Waals surface area contributed by atoms with E-state index in [0.29, 0.717) is 12.1 Å². The van der Waals surface area contributed by atoms with Crippen molar-refractivity contribution in [3.63, 3.8) is 0 Å². The molecule has 0 aliphatic carbocycles. The van der Waals surface area contributed by atoms with E-state index in [1.54, 1.807) is 0 Å². The minimum Gasteiger partial charge on any atom is -0.393 e. The number of hydrogen-bond acceptors (Lipinski definition) is 3. The Kier molecular flexibility index (Phi) is 3.14.